The number of nitrogens with zero attached hydrogens (tertiary/aromatic N) is 1. The summed E-state index contributed by atoms with van der Waals surface area (Å²) >= 11 is 0. The van der Waals surface area contributed by atoms with Crippen LogP contribution in [0.3, 0.4) is 0 Å². The summed E-state index contributed by atoms with van der Waals surface area (Å²) in [7, 11) is 0. The number of hydrogen-bond donors (Lipinski definition) is 2. The molecule has 3 N–H and O–H groups in total. The average molecular weight is 331 g/mol. The first-order valence-electron chi connectivity index (χ1n) is 8.77. The molecule has 2 aliphatic rings. The largest absolute Gasteiger partial charge is 0.444 e. The van der Waals surface area contributed by atoms with E-state index in [1.807, 2.05) is 50.8 Å². The number of hydrogen-bond acceptors (Lipinski definition) is 4. The van der Waals surface area contributed by atoms with Crippen LogP contribution in [0.4, 0.5) is 16.2 Å². The fourth-order valence-electron chi connectivity index (χ4n) is 3.86. The van der Waals surface area contributed by atoms with E-state index in [1.54, 1.807) is 0 Å². The number of likely N-dealkylation sites (tertiary alicyclic amines) is 1. The molecule has 0 aromatic heterocycles. The van der Waals surface area contributed by atoms with Crippen LogP contribution in [0, 0.1) is 12.3 Å². The van der Waals surface area contributed by atoms with E-state index in [0.29, 0.717) is 6.04 Å². The van der Waals surface area contributed by atoms with Crippen LogP contribution in [0.1, 0.15) is 45.6 Å². The fraction of sp³-hybridized carbons (Fsp3) is 0.632. The van der Waals surface area contributed by atoms with Crippen molar-refractivity contribution in [3.8, 4) is 0 Å². The van der Waals surface area contributed by atoms with Crippen LogP contribution in [0.2, 0.25) is 0 Å². The molecule has 1 heterocycles. The molecule has 0 bridgehead atoms. The highest BCUT2D eigenvalue weighted by Gasteiger charge is 2.50. The van der Waals surface area contributed by atoms with Gasteiger partial charge in [0.15, 0.2) is 0 Å². The van der Waals surface area contributed by atoms with Gasteiger partial charge in [0.1, 0.15) is 5.60 Å². The molecule has 1 amide bonds. The molecule has 2 fully saturated rings. The molecule has 0 atom stereocenters. The Bertz CT molecular complexity index is 630. The van der Waals surface area contributed by atoms with Crippen molar-refractivity contribution in [3.63, 3.8) is 0 Å². The molecule has 1 aliphatic heterocycles. The van der Waals surface area contributed by atoms with E-state index in [1.165, 1.54) is 0 Å². The predicted molar refractivity (Wildman–Crippen MR) is 97.1 cm³/mol. The number of anilines is 2. The highest BCUT2D eigenvalue weighted by atomic mass is 16.6. The summed E-state index contributed by atoms with van der Waals surface area (Å²) in [4.78, 5) is 14.1. The molecule has 1 aromatic rings. The molecular weight excluding hydrogens is 302 g/mol. The zero-order valence-electron chi connectivity index (χ0n) is 15.2. The van der Waals surface area contributed by atoms with Gasteiger partial charge in [-0.25, -0.2) is 4.79 Å². The van der Waals surface area contributed by atoms with Crippen LogP contribution in [0.15, 0.2) is 18.2 Å². The zero-order valence-corrected chi connectivity index (χ0v) is 15.2. The Balaban J connectivity index is 1.53. The second kappa shape index (κ2) is 5.87. The maximum Gasteiger partial charge on any atom is 0.410 e. The number of nitrogens with two attached hydrogens (primary N) is 1. The van der Waals surface area contributed by atoms with Crippen LogP contribution < -0.4 is 11.1 Å². The summed E-state index contributed by atoms with van der Waals surface area (Å²) in [5.41, 5.74) is 8.93. The molecule has 1 aromatic carbocycles. The smallest absolute Gasteiger partial charge is 0.410 e. The molecule has 24 heavy (non-hydrogen) atoms. The summed E-state index contributed by atoms with van der Waals surface area (Å²) < 4.78 is 5.49. The highest BCUT2D eigenvalue weighted by Crippen LogP contribution is 2.49. The van der Waals surface area contributed by atoms with Gasteiger partial charge in [0, 0.05) is 19.1 Å². The van der Waals surface area contributed by atoms with Gasteiger partial charge >= 0.3 is 6.09 Å². The molecule has 0 radical (unpaired) electrons. The quantitative estimate of drug-likeness (QED) is 0.809. The molecule has 1 aliphatic carbocycles. The molecule has 0 unspecified atom stereocenters. The average Bonchev–Trinajstić information content (AvgIpc) is 2.87. The number of carbonyl (C=O) groups is 1. The third-order valence-corrected chi connectivity index (χ3v) is 5.13. The fourth-order valence-corrected chi connectivity index (χ4v) is 3.86. The van der Waals surface area contributed by atoms with Crippen molar-refractivity contribution in [3.05, 3.63) is 23.8 Å². The maximum atomic E-state index is 12.2. The van der Waals surface area contributed by atoms with Gasteiger partial charge in [0.25, 0.3) is 0 Å². The Kier molecular flexibility index (Phi) is 4.14. The lowest BCUT2D eigenvalue weighted by atomic mass is 9.65. The molecule has 5 heteroatoms. The highest BCUT2D eigenvalue weighted by molar-refractivity contribution is 5.70. The Morgan fingerprint density at radius 2 is 2.08 bits per heavy atom. The van der Waals surface area contributed by atoms with E-state index in [9.17, 15) is 4.79 Å². The van der Waals surface area contributed by atoms with Crippen molar-refractivity contribution in [1.82, 2.24) is 4.90 Å². The first-order valence-corrected chi connectivity index (χ1v) is 8.77. The maximum absolute atomic E-state index is 12.2. The van der Waals surface area contributed by atoms with E-state index in [0.717, 1.165) is 49.3 Å². The van der Waals surface area contributed by atoms with Crippen LogP contribution in [-0.4, -0.2) is 35.7 Å². The minimum atomic E-state index is -0.431. The molecule has 1 saturated carbocycles. The predicted octanol–water partition coefficient (Wildman–Crippen LogP) is 3.78. The number of para-hydroxylation sites is 1. The number of nitrogen functional groups attached to an aromatic ring is 1. The van der Waals surface area contributed by atoms with Crippen molar-refractivity contribution in [2.24, 2.45) is 5.41 Å². The topological polar surface area (TPSA) is 67.6 Å². The van der Waals surface area contributed by atoms with Crippen molar-refractivity contribution in [1.29, 1.82) is 0 Å². The van der Waals surface area contributed by atoms with E-state index in [-0.39, 0.29) is 11.5 Å². The van der Waals surface area contributed by atoms with Crippen molar-refractivity contribution >= 4 is 17.5 Å². The van der Waals surface area contributed by atoms with E-state index < -0.39 is 5.60 Å². The van der Waals surface area contributed by atoms with E-state index in [2.05, 4.69) is 5.32 Å². The molecule has 5 nitrogen and oxygen atoms in total. The number of nitrogens with one attached hydrogen (secondary N) is 1. The number of carbonyl (C=O) groups excluding carboxylic acids is 1. The van der Waals surface area contributed by atoms with Gasteiger partial charge in [0.2, 0.25) is 0 Å². The summed E-state index contributed by atoms with van der Waals surface area (Å²) in [5, 5.41) is 3.56. The lowest BCUT2D eigenvalue weighted by Gasteiger charge is -2.46. The SMILES string of the molecule is Cc1cccc(NC2CC3(CCN(C(=O)OC(C)(C)C)C3)C2)c1N. The minimum Gasteiger partial charge on any atom is -0.444 e. The van der Waals surface area contributed by atoms with Gasteiger partial charge in [-0.2, -0.15) is 0 Å². The van der Waals surface area contributed by atoms with Gasteiger partial charge in [-0.1, -0.05) is 12.1 Å². The minimum absolute atomic E-state index is 0.182. The lowest BCUT2D eigenvalue weighted by molar-refractivity contribution is 0.0237. The summed E-state index contributed by atoms with van der Waals surface area (Å²) in [5.74, 6) is 0. The third-order valence-electron chi connectivity index (χ3n) is 5.13. The van der Waals surface area contributed by atoms with Crippen molar-refractivity contribution in [2.75, 3.05) is 24.1 Å². The second-order valence-corrected chi connectivity index (χ2v) is 8.44. The molecule has 1 spiro atoms. The van der Waals surface area contributed by atoms with Crippen molar-refractivity contribution in [2.45, 2.75) is 58.6 Å². The summed E-state index contributed by atoms with van der Waals surface area (Å²) in [6.45, 7) is 9.36. The third kappa shape index (κ3) is 3.45. The standard InChI is InChI=1S/C19H29N3O2/c1-13-6-5-7-15(16(13)20)21-14-10-19(11-14)8-9-22(12-19)17(23)24-18(2,3)4/h5-7,14,21H,8-12,20H2,1-4H3. The number of benzene rings is 1. The van der Waals surface area contributed by atoms with Crippen LogP contribution >= 0.6 is 0 Å². The monoisotopic (exact) mass is 331 g/mol. The molecule has 132 valence electrons. The van der Waals surface area contributed by atoms with Crippen LogP contribution in [-0.2, 0) is 4.74 Å². The zero-order chi connectivity index (χ0) is 17.5. The first-order chi connectivity index (χ1) is 11.2. The van der Waals surface area contributed by atoms with Crippen molar-refractivity contribution < 1.29 is 9.53 Å². The lowest BCUT2D eigenvalue weighted by Crippen LogP contribution is -2.47. The normalized spacial score (nSPS) is 26.3. The van der Waals surface area contributed by atoms with E-state index in [4.69, 9.17) is 10.5 Å². The van der Waals surface area contributed by atoms with Gasteiger partial charge < -0.3 is 20.7 Å². The van der Waals surface area contributed by atoms with E-state index >= 15 is 0 Å². The number of ether oxygens (including phenoxy) is 1. The Morgan fingerprint density at radius 1 is 1.38 bits per heavy atom. The molecule has 3 rings (SSSR count). The second-order valence-electron chi connectivity index (χ2n) is 8.44. The van der Waals surface area contributed by atoms with Gasteiger partial charge in [-0.15, -0.1) is 0 Å². The number of rotatable bonds is 2. The Morgan fingerprint density at radius 3 is 2.75 bits per heavy atom. The summed E-state index contributed by atoms with van der Waals surface area (Å²) in [6.07, 6.45) is 3.05. The Labute approximate surface area is 144 Å². The first kappa shape index (κ1) is 16.9. The Hall–Kier alpha value is -1.91. The number of aryl methyl sites for hydroxylation is 1. The summed E-state index contributed by atoms with van der Waals surface area (Å²) in [6, 6.07) is 6.53. The van der Waals surface area contributed by atoms with Crippen LogP contribution in [0.25, 0.3) is 0 Å². The van der Waals surface area contributed by atoms with Crippen LogP contribution in [0.5, 0.6) is 0 Å². The molecule has 1 saturated heterocycles. The molecular formula is C19H29N3O2. The van der Waals surface area contributed by atoms with Gasteiger partial charge in [0.05, 0.1) is 11.4 Å². The van der Waals surface area contributed by atoms with Gasteiger partial charge in [-0.05, 0) is 64.0 Å². The van der Waals surface area contributed by atoms with Gasteiger partial charge in [-0.3, -0.25) is 0 Å². The number of amides is 1.